The first-order valence-electron chi connectivity index (χ1n) is 3.41. The Bertz CT molecular complexity index is 200. The average molecular weight is 150 g/mol. The lowest BCUT2D eigenvalue weighted by Crippen LogP contribution is -2.42. The Labute approximate surface area is 63.0 Å². The minimum atomic E-state index is -1.78. The van der Waals surface area contributed by atoms with Crippen LogP contribution in [0.3, 0.4) is 0 Å². The van der Waals surface area contributed by atoms with E-state index in [0.29, 0.717) is 0 Å². The van der Waals surface area contributed by atoms with Gasteiger partial charge >= 0.3 is 0 Å². The smallest absolute Gasteiger partial charge is 0.165 e. The fraction of sp³-hybridized carbons (Fsp3) is 0.250. The number of nitrogens with one attached hydrogen (secondary N) is 1. The van der Waals surface area contributed by atoms with Crippen LogP contribution in [0.5, 0.6) is 0 Å². The van der Waals surface area contributed by atoms with Gasteiger partial charge in [-0.2, -0.15) is 0 Å². The summed E-state index contributed by atoms with van der Waals surface area (Å²) in [6.07, 6.45) is 0. The van der Waals surface area contributed by atoms with Crippen LogP contribution < -0.4 is 10.6 Å². The second kappa shape index (κ2) is 2.56. The van der Waals surface area contributed by atoms with Crippen LogP contribution in [0.1, 0.15) is 0 Å². The molecule has 1 N–H and O–H groups in total. The topological polar surface area (TPSA) is 23.8 Å². The van der Waals surface area contributed by atoms with Crippen molar-refractivity contribution in [3.63, 3.8) is 0 Å². The van der Waals surface area contributed by atoms with Crippen LogP contribution >= 0.6 is 0 Å². The highest BCUT2D eigenvalue weighted by atomic mass is 28.3. The van der Waals surface area contributed by atoms with Crippen LogP contribution in [0, 0.1) is 0 Å². The largest absolute Gasteiger partial charge is 0.280 e. The van der Waals surface area contributed by atoms with Gasteiger partial charge in [-0.1, -0.05) is 43.4 Å². The predicted octanol–water partition coefficient (Wildman–Crippen LogP) is 1.38. The second-order valence-corrected chi connectivity index (χ2v) is 6.82. The van der Waals surface area contributed by atoms with Gasteiger partial charge in [0.05, 0.1) is 0 Å². The molecule has 0 spiro atoms. The molecule has 10 heavy (non-hydrogen) atoms. The van der Waals surface area contributed by atoms with Gasteiger partial charge in [-0.05, 0) is 5.19 Å². The van der Waals surface area contributed by atoms with Gasteiger partial charge in [-0.25, -0.2) is 0 Å². The van der Waals surface area contributed by atoms with Crippen LogP contribution in [0.25, 0.3) is 0 Å². The molecule has 0 fully saturated rings. The molecule has 0 aliphatic carbocycles. The Balaban J connectivity index is 2.97. The molecule has 2 heteroatoms. The van der Waals surface area contributed by atoms with Crippen LogP contribution in [0.4, 0.5) is 0 Å². The summed E-state index contributed by atoms with van der Waals surface area (Å²) in [6.45, 7) is 4.06. The Morgan fingerprint density at radius 3 is 1.90 bits per heavy atom. The van der Waals surface area contributed by atoms with Crippen molar-refractivity contribution in [3.8, 4) is 0 Å². The summed E-state index contributed by atoms with van der Waals surface area (Å²) in [5, 5.41) is 9.02. The van der Waals surface area contributed by atoms with Crippen molar-refractivity contribution >= 4 is 13.4 Å². The van der Waals surface area contributed by atoms with Crippen LogP contribution in [-0.4, -0.2) is 8.24 Å². The summed E-state index contributed by atoms with van der Waals surface area (Å²) < 4.78 is 0. The number of hydrogen-bond donors (Lipinski definition) is 0. The molecule has 53 valence electrons. The van der Waals surface area contributed by atoms with Crippen molar-refractivity contribution in [2.45, 2.75) is 13.1 Å². The Morgan fingerprint density at radius 1 is 1.10 bits per heavy atom. The molecule has 1 rings (SSSR count). The van der Waals surface area contributed by atoms with E-state index in [1.165, 1.54) is 5.19 Å². The fourth-order valence-corrected chi connectivity index (χ4v) is 1.88. The molecule has 0 heterocycles. The Kier molecular flexibility index (Phi) is 1.92. The van der Waals surface area contributed by atoms with Gasteiger partial charge in [-0.3, -0.25) is 5.40 Å². The van der Waals surface area contributed by atoms with Crippen LogP contribution in [0.2, 0.25) is 13.1 Å². The second-order valence-electron chi connectivity index (χ2n) is 2.99. The lowest BCUT2D eigenvalue weighted by atomic mass is 10.4. The van der Waals surface area contributed by atoms with Crippen molar-refractivity contribution in [2.24, 2.45) is 0 Å². The monoisotopic (exact) mass is 150 g/mol. The highest BCUT2D eigenvalue weighted by Gasteiger charge is 2.16. The summed E-state index contributed by atoms with van der Waals surface area (Å²) in [7, 11) is -1.78. The quantitative estimate of drug-likeness (QED) is 0.540. The standard InChI is InChI=1S/C8H12NSi/c1-10(2,9)8-6-4-3-5-7-8/h3-7,9H,1-2H3. The van der Waals surface area contributed by atoms with E-state index in [2.05, 4.69) is 0 Å². The molecule has 1 aromatic carbocycles. The maximum atomic E-state index is 7.81. The Hall–Kier alpha value is -0.603. The zero-order chi connectivity index (χ0) is 7.61. The van der Waals surface area contributed by atoms with Gasteiger partial charge in [0.2, 0.25) is 0 Å². The zero-order valence-corrected chi connectivity index (χ0v) is 7.39. The van der Waals surface area contributed by atoms with E-state index in [1.54, 1.807) is 0 Å². The molecule has 0 saturated carbocycles. The van der Waals surface area contributed by atoms with Gasteiger partial charge in [0.25, 0.3) is 0 Å². The third kappa shape index (κ3) is 1.69. The SMILES string of the molecule is C[Si](C)([NH])c1ccccc1. The molecule has 0 aromatic heterocycles. The maximum Gasteiger partial charge on any atom is 0.165 e. The van der Waals surface area contributed by atoms with E-state index in [0.717, 1.165) is 0 Å². The zero-order valence-electron chi connectivity index (χ0n) is 6.39. The lowest BCUT2D eigenvalue weighted by Gasteiger charge is -2.13. The first-order chi connectivity index (χ1) is 4.61. The van der Waals surface area contributed by atoms with Crippen molar-refractivity contribution in [3.05, 3.63) is 30.3 Å². The molecule has 0 amide bonds. The van der Waals surface area contributed by atoms with E-state index in [4.69, 9.17) is 5.40 Å². The van der Waals surface area contributed by atoms with Crippen LogP contribution in [-0.2, 0) is 0 Å². The summed E-state index contributed by atoms with van der Waals surface area (Å²) >= 11 is 0. The molecule has 0 saturated heterocycles. The fourth-order valence-electron chi connectivity index (χ4n) is 0.855. The summed E-state index contributed by atoms with van der Waals surface area (Å²) in [5.41, 5.74) is 0. The van der Waals surface area contributed by atoms with Gasteiger partial charge in [-0.15, -0.1) is 0 Å². The first kappa shape index (κ1) is 7.50. The third-order valence-electron chi connectivity index (χ3n) is 1.50. The minimum absolute atomic E-state index is 1.20. The molecule has 1 aromatic rings. The highest BCUT2D eigenvalue weighted by Crippen LogP contribution is 1.95. The molecule has 1 nitrogen and oxygen atoms in total. The molecule has 0 unspecified atom stereocenters. The molecular formula is C8H12NSi. The van der Waals surface area contributed by atoms with E-state index in [9.17, 15) is 0 Å². The van der Waals surface area contributed by atoms with Crippen molar-refractivity contribution in [2.75, 3.05) is 0 Å². The lowest BCUT2D eigenvalue weighted by molar-refractivity contribution is 1.55. The van der Waals surface area contributed by atoms with E-state index < -0.39 is 8.24 Å². The summed E-state index contributed by atoms with van der Waals surface area (Å²) in [4.78, 5) is 0. The summed E-state index contributed by atoms with van der Waals surface area (Å²) in [5.74, 6) is 0. The van der Waals surface area contributed by atoms with Crippen molar-refractivity contribution < 1.29 is 0 Å². The van der Waals surface area contributed by atoms with E-state index in [-0.39, 0.29) is 0 Å². The van der Waals surface area contributed by atoms with Gasteiger partial charge in [0, 0.05) is 0 Å². The van der Waals surface area contributed by atoms with E-state index >= 15 is 0 Å². The average Bonchev–Trinajstić information content (AvgIpc) is 1.88. The highest BCUT2D eigenvalue weighted by molar-refractivity contribution is 6.86. The minimum Gasteiger partial charge on any atom is -0.280 e. The molecule has 0 aliphatic heterocycles. The van der Waals surface area contributed by atoms with Gasteiger partial charge in [0.1, 0.15) is 0 Å². The van der Waals surface area contributed by atoms with Crippen LogP contribution in [0.15, 0.2) is 30.3 Å². The number of rotatable bonds is 1. The maximum absolute atomic E-state index is 7.81. The third-order valence-corrected chi connectivity index (χ3v) is 3.27. The number of benzene rings is 1. The molecule has 0 aliphatic rings. The normalized spacial score (nSPS) is 11.5. The molecule has 0 atom stereocenters. The van der Waals surface area contributed by atoms with Crippen molar-refractivity contribution in [1.82, 2.24) is 5.40 Å². The number of hydrogen-bond acceptors (Lipinski definition) is 0. The first-order valence-corrected chi connectivity index (χ1v) is 6.41. The summed E-state index contributed by atoms with van der Waals surface area (Å²) in [6, 6.07) is 10.1. The molecular weight excluding hydrogens is 138 g/mol. The van der Waals surface area contributed by atoms with Crippen molar-refractivity contribution in [1.29, 1.82) is 0 Å². The van der Waals surface area contributed by atoms with E-state index in [1.807, 2.05) is 43.4 Å². The van der Waals surface area contributed by atoms with Gasteiger partial charge in [0.15, 0.2) is 8.24 Å². The predicted molar refractivity (Wildman–Crippen MR) is 46.7 cm³/mol. The molecule has 1 radical (unpaired) electrons. The Morgan fingerprint density at radius 2 is 1.60 bits per heavy atom. The van der Waals surface area contributed by atoms with Gasteiger partial charge < -0.3 is 0 Å². The molecule has 0 bridgehead atoms.